The molecule has 0 spiro atoms. The first-order chi connectivity index (χ1) is 7.83. The highest BCUT2D eigenvalue weighted by molar-refractivity contribution is 5.66. The summed E-state index contributed by atoms with van der Waals surface area (Å²) in [6.07, 6.45) is 8.80. The van der Waals surface area contributed by atoms with Crippen LogP contribution in [0.3, 0.4) is 0 Å². The van der Waals surface area contributed by atoms with Gasteiger partial charge in [0.25, 0.3) is 0 Å². The summed E-state index contributed by atoms with van der Waals surface area (Å²) in [5, 5.41) is 3.48. The highest BCUT2D eigenvalue weighted by Gasteiger charge is 2.28. The topological polar surface area (TPSA) is 24.9 Å². The van der Waals surface area contributed by atoms with Crippen LogP contribution in [0.4, 0.5) is 4.39 Å². The van der Waals surface area contributed by atoms with Gasteiger partial charge >= 0.3 is 0 Å². The molecule has 2 aliphatic rings. The van der Waals surface area contributed by atoms with Gasteiger partial charge in [0.1, 0.15) is 5.82 Å². The van der Waals surface area contributed by atoms with Gasteiger partial charge in [0.15, 0.2) is 0 Å². The van der Waals surface area contributed by atoms with E-state index in [-0.39, 0.29) is 5.82 Å². The average molecular weight is 218 g/mol. The first-order valence-electron chi connectivity index (χ1n) is 5.88. The Morgan fingerprint density at radius 2 is 2.25 bits per heavy atom. The Balaban J connectivity index is 1.90. The smallest absolute Gasteiger partial charge is 0.142 e. The Bertz CT molecular complexity index is 428. The first kappa shape index (κ1) is 9.97. The van der Waals surface area contributed by atoms with Crippen LogP contribution in [0.2, 0.25) is 0 Å². The molecule has 1 aliphatic heterocycles. The van der Waals surface area contributed by atoms with E-state index < -0.39 is 0 Å². The maximum atomic E-state index is 13.1. The molecular weight excluding hydrogens is 203 g/mol. The molecule has 16 heavy (non-hydrogen) atoms. The van der Waals surface area contributed by atoms with E-state index in [2.05, 4.69) is 16.4 Å². The molecule has 84 valence electrons. The number of halogens is 1. The quantitative estimate of drug-likeness (QED) is 0.782. The van der Waals surface area contributed by atoms with Gasteiger partial charge < -0.3 is 5.32 Å². The van der Waals surface area contributed by atoms with E-state index in [0.29, 0.717) is 6.04 Å². The van der Waals surface area contributed by atoms with Crippen molar-refractivity contribution >= 4 is 5.57 Å². The van der Waals surface area contributed by atoms with Crippen molar-refractivity contribution in [3.63, 3.8) is 0 Å². The maximum Gasteiger partial charge on any atom is 0.142 e. The Labute approximate surface area is 94.6 Å². The number of hydrogen-bond acceptors (Lipinski definition) is 2. The van der Waals surface area contributed by atoms with E-state index in [4.69, 9.17) is 0 Å². The zero-order valence-corrected chi connectivity index (χ0v) is 9.12. The van der Waals surface area contributed by atoms with Crippen molar-refractivity contribution in [3.05, 3.63) is 35.9 Å². The molecule has 3 heteroatoms. The van der Waals surface area contributed by atoms with Crippen molar-refractivity contribution in [2.24, 2.45) is 5.92 Å². The van der Waals surface area contributed by atoms with Gasteiger partial charge in [-0.15, -0.1) is 0 Å². The number of aromatic nitrogens is 1. The van der Waals surface area contributed by atoms with Crippen LogP contribution < -0.4 is 5.32 Å². The third-order valence-electron chi connectivity index (χ3n) is 3.64. The number of pyridine rings is 1. The predicted molar refractivity (Wildman–Crippen MR) is 61.3 cm³/mol. The maximum absolute atomic E-state index is 13.1. The highest BCUT2D eigenvalue weighted by Crippen LogP contribution is 2.34. The third kappa shape index (κ3) is 1.76. The van der Waals surface area contributed by atoms with Gasteiger partial charge in [0, 0.05) is 12.2 Å². The van der Waals surface area contributed by atoms with Crippen LogP contribution in [0.1, 0.15) is 24.8 Å². The van der Waals surface area contributed by atoms with E-state index >= 15 is 0 Å². The summed E-state index contributed by atoms with van der Waals surface area (Å²) in [5.74, 6) is 0.533. The van der Waals surface area contributed by atoms with Gasteiger partial charge in [-0.2, -0.15) is 0 Å². The van der Waals surface area contributed by atoms with Crippen molar-refractivity contribution < 1.29 is 4.39 Å². The largest absolute Gasteiger partial charge is 0.310 e. The van der Waals surface area contributed by atoms with Gasteiger partial charge in [0.2, 0.25) is 0 Å². The lowest BCUT2D eigenvalue weighted by atomic mass is 9.84. The summed E-state index contributed by atoms with van der Waals surface area (Å²) in [4.78, 5) is 3.91. The number of nitrogens with zero attached hydrogens (tertiary/aromatic N) is 1. The van der Waals surface area contributed by atoms with E-state index in [0.717, 1.165) is 24.4 Å². The van der Waals surface area contributed by atoms with Crippen LogP contribution in [0.25, 0.3) is 5.57 Å². The summed E-state index contributed by atoms with van der Waals surface area (Å²) >= 11 is 0. The molecule has 0 unspecified atom stereocenters. The van der Waals surface area contributed by atoms with Crippen LogP contribution in [0.15, 0.2) is 24.5 Å². The Kier molecular flexibility index (Phi) is 2.48. The predicted octanol–water partition coefficient (Wildman–Crippen LogP) is 2.38. The van der Waals surface area contributed by atoms with Crippen molar-refractivity contribution in [3.8, 4) is 0 Å². The first-order valence-corrected chi connectivity index (χ1v) is 5.88. The SMILES string of the molecule is Fc1cncc(C2=C[C@@H]3NCC[C@@H]3CC2)c1. The number of hydrogen-bond donors (Lipinski definition) is 1. The standard InChI is InChI=1S/C13H15FN2/c14-12-5-11(7-15-8-12)10-2-1-9-3-4-16-13(9)6-10/h5-9,13,16H,1-4H2/t9-,13-/m0/s1. The van der Waals surface area contributed by atoms with Gasteiger partial charge in [-0.05, 0) is 48.9 Å². The highest BCUT2D eigenvalue weighted by atomic mass is 19.1. The lowest BCUT2D eigenvalue weighted by Crippen LogP contribution is -2.27. The normalized spacial score (nSPS) is 28.7. The molecule has 2 heterocycles. The lowest BCUT2D eigenvalue weighted by Gasteiger charge is -2.24. The zero-order chi connectivity index (χ0) is 11.0. The second kappa shape index (κ2) is 3.98. The summed E-state index contributed by atoms with van der Waals surface area (Å²) < 4.78 is 13.1. The van der Waals surface area contributed by atoms with Crippen molar-refractivity contribution in [1.82, 2.24) is 10.3 Å². The zero-order valence-electron chi connectivity index (χ0n) is 9.12. The summed E-state index contributed by atoms with van der Waals surface area (Å²) in [5.41, 5.74) is 2.18. The molecule has 0 aromatic carbocycles. The van der Waals surface area contributed by atoms with E-state index in [1.165, 1.54) is 24.6 Å². The molecule has 2 nitrogen and oxygen atoms in total. The minimum Gasteiger partial charge on any atom is -0.310 e. The van der Waals surface area contributed by atoms with Crippen molar-refractivity contribution in [2.45, 2.75) is 25.3 Å². The van der Waals surface area contributed by atoms with E-state index in [9.17, 15) is 4.39 Å². The minimum absolute atomic E-state index is 0.250. The van der Waals surface area contributed by atoms with Crippen LogP contribution in [0, 0.1) is 11.7 Å². The molecule has 2 atom stereocenters. The second-order valence-electron chi connectivity index (χ2n) is 4.65. The van der Waals surface area contributed by atoms with Crippen LogP contribution in [-0.2, 0) is 0 Å². The molecule has 0 bridgehead atoms. The Morgan fingerprint density at radius 1 is 1.31 bits per heavy atom. The average Bonchev–Trinajstić information content (AvgIpc) is 2.75. The van der Waals surface area contributed by atoms with Crippen molar-refractivity contribution in [1.29, 1.82) is 0 Å². The Hall–Kier alpha value is -1.22. The molecule has 1 saturated heterocycles. The number of allylic oxidation sites excluding steroid dienone is 1. The summed E-state index contributed by atoms with van der Waals surface area (Å²) in [7, 11) is 0. The van der Waals surface area contributed by atoms with Gasteiger partial charge in [-0.25, -0.2) is 4.39 Å². The molecule has 1 fully saturated rings. The number of nitrogens with one attached hydrogen (secondary N) is 1. The van der Waals surface area contributed by atoms with Gasteiger partial charge in [-0.3, -0.25) is 4.98 Å². The molecule has 0 amide bonds. The van der Waals surface area contributed by atoms with Crippen molar-refractivity contribution in [2.75, 3.05) is 6.54 Å². The molecule has 1 aliphatic carbocycles. The van der Waals surface area contributed by atoms with E-state index in [1.54, 1.807) is 12.3 Å². The molecular formula is C13H15FN2. The van der Waals surface area contributed by atoms with Crippen LogP contribution >= 0.6 is 0 Å². The van der Waals surface area contributed by atoms with E-state index in [1.807, 2.05) is 0 Å². The van der Waals surface area contributed by atoms with Gasteiger partial charge in [0.05, 0.1) is 6.20 Å². The molecule has 3 rings (SSSR count). The number of rotatable bonds is 1. The minimum atomic E-state index is -0.250. The lowest BCUT2D eigenvalue weighted by molar-refractivity contribution is 0.465. The fourth-order valence-corrected chi connectivity index (χ4v) is 2.77. The van der Waals surface area contributed by atoms with Crippen LogP contribution in [-0.4, -0.2) is 17.6 Å². The Morgan fingerprint density at radius 3 is 3.12 bits per heavy atom. The fraction of sp³-hybridized carbons (Fsp3) is 0.462. The second-order valence-corrected chi connectivity index (χ2v) is 4.65. The van der Waals surface area contributed by atoms with Crippen LogP contribution in [0.5, 0.6) is 0 Å². The fourth-order valence-electron chi connectivity index (χ4n) is 2.77. The monoisotopic (exact) mass is 218 g/mol. The molecule has 1 aromatic rings. The summed E-state index contributed by atoms with van der Waals surface area (Å²) in [6, 6.07) is 2.07. The number of fused-ring (bicyclic) bond motifs is 1. The molecule has 1 aromatic heterocycles. The third-order valence-corrected chi connectivity index (χ3v) is 3.64. The summed E-state index contributed by atoms with van der Waals surface area (Å²) in [6.45, 7) is 1.11. The molecule has 0 radical (unpaired) electrons. The van der Waals surface area contributed by atoms with Gasteiger partial charge in [-0.1, -0.05) is 6.08 Å². The molecule has 0 saturated carbocycles. The molecule has 1 N–H and O–H groups in total.